The van der Waals surface area contributed by atoms with Crippen LogP contribution in [-0.2, 0) is 19.6 Å². The monoisotopic (exact) mass is 325 g/mol. The highest BCUT2D eigenvalue weighted by molar-refractivity contribution is 5.93. The average Bonchev–Trinajstić information content (AvgIpc) is 3.24. The van der Waals surface area contributed by atoms with Crippen LogP contribution in [0.15, 0.2) is 47.3 Å². The van der Waals surface area contributed by atoms with Crippen LogP contribution in [0.2, 0.25) is 0 Å². The smallest absolute Gasteiger partial charge is 0.277 e. The van der Waals surface area contributed by atoms with Gasteiger partial charge >= 0.3 is 0 Å². The van der Waals surface area contributed by atoms with E-state index in [9.17, 15) is 4.79 Å². The maximum Gasteiger partial charge on any atom is 0.277 e. The van der Waals surface area contributed by atoms with Crippen LogP contribution >= 0.6 is 0 Å². The number of aromatic nitrogens is 4. The van der Waals surface area contributed by atoms with Crippen molar-refractivity contribution >= 4 is 5.91 Å². The van der Waals surface area contributed by atoms with E-state index in [4.69, 9.17) is 4.42 Å². The number of pyridine rings is 1. The molecule has 0 saturated carbocycles. The van der Waals surface area contributed by atoms with Gasteiger partial charge in [-0.2, -0.15) is 9.90 Å². The summed E-state index contributed by atoms with van der Waals surface area (Å²) in [5, 5.41) is 8.55. The molecule has 0 aliphatic carbocycles. The number of nitrogens with zero attached hydrogens (tertiary/aromatic N) is 5. The molecule has 7 nitrogen and oxygen atoms in total. The molecule has 0 aromatic carbocycles. The summed E-state index contributed by atoms with van der Waals surface area (Å²) >= 11 is 0. The van der Waals surface area contributed by atoms with Gasteiger partial charge in [-0.1, -0.05) is 6.07 Å². The third-order valence-corrected chi connectivity index (χ3v) is 3.62. The second-order valence-corrected chi connectivity index (χ2v) is 5.42. The fraction of sp³-hybridized carbons (Fsp3) is 0.294. The zero-order valence-corrected chi connectivity index (χ0v) is 13.7. The van der Waals surface area contributed by atoms with Gasteiger partial charge in [0.15, 0.2) is 5.69 Å². The van der Waals surface area contributed by atoms with E-state index >= 15 is 0 Å². The summed E-state index contributed by atoms with van der Waals surface area (Å²) in [4.78, 5) is 20.3. The molecule has 0 saturated heterocycles. The van der Waals surface area contributed by atoms with Gasteiger partial charge in [-0.15, -0.1) is 5.10 Å². The molecule has 0 bridgehead atoms. The summed E-state index contributed by atoms with van der Waals surface area (Å²) in [7, 11) is 0. The Morgan fingerprint density at radius 2 is 2.12 bits per heavy atom. The second-order valence-electron chi connectivity index (χ2n) is 5.42. The molecule has 124 valence electrons. The average molecular weight is 325 g/mol. The van der Waals surface area contributed by atoms with Gasteiger partial charge in [0.2, 0.25) is 0 Å². The number of rotatable bonds is 6. The Morgan fingerprint density at radius 1 is 1.25 bits per heavy atom. The van der Waals surface area contributed by atoms with Crippen molar-refractivity contribution in [2.45, 2.75) is 33.5 Å². The molecule has 0 fully saturated rings. The summed E-state index contributed by atoms with van der Waals surface area (Å²) in [5.74, 6) is 0.542. The van der Waals surface area contributed by atoms with Gasteiger partial charge in [0.1, 0.15) is 5.76 Å². The molecule has 0 unspecified atom stereocenters. The number of hydrogen-bond donors (Lipinski definition) is 0. The first-order valence-electron chi connectivity index (χ1n) is 7.79. The van der Waals surface area contributed by atoms with Gasteiger partial charge < -0.3 is 9.32 Å². The van der Waals surface area contributed by atoms with Gasteiger partial charge in [-0.3, -0.25) is 9.78 Å². The van der Waals surface area contributed by atoms with Gasteiger partial charge in [-0.05, 0) is 37.6 Å². The Bertz CT molecular complexity index is 796. The zero-order chi connectivity index (χ0) is 16.9. The lowest BCUT2D eigenvalue weighted by Gasteiger charge is -2.20. The third kappa shape index (κ3) is 3.51. The third-order valence-electron chi connectivity index (χ3n) is 3.62. The first-order valence-corrected chi connectivity index (χ1v) is 7.79. The van der Waals surface area contributed by atoms with Crippen LogP contribution in [0.25, 0.3) is 0 Å². The molecular weight excluding hydrogens is 306 g/mol. The largest absolute Gasteiger partial charge is 0.467 e. The highest BCUT2D eigenvalue weighted by atomic mass is 16.3. The molecule has 0 aliphatic heterocycles. The molecule has 7 heteroatoms. The minimum atomic E-state index is -0.174. The zero-order valence-electron chi connectivity index (χ0n) is 13.7. The molecule has 3 aromatic heterocycles. The van der Waals surface area contributed by atoms with E-state index in [-0.39, 0.29) is 5.91 Å². The van der Waals surface area contributed by atoms with Crippen molar-refractivity contribution in [3.63, 3.8) is 0 Å². The van der Waals surface area contributed by atoms with Gasteiger partial charge in [0.25, 0.3) is 5.91 Å². The lowest BCUT2D eigenvalue weighted by atomic mass is 10.2. The lowest BCUT2D eigenvalue weighted by Crippen LogP contribution is -2.31. The minimum absolute atomic E-state index is 0.174. The Hall–Kier alpha value is -2.96. The van der Waals surface area contributed by atoms with Crippen molar-refractivity contribution in [3.8, 4) is 0 Å². The fourth-order valence-electron chi connectivity index (χ4n) is 2.42. The van der Waals surface area contributed by atoms with Crippen molar-refractivity contribution in [2.75, 3.05) is 0 Å². The summed E-state index contributed by atoms with van der Waals surface area (Å²) in [6, 6.07) is 7.44. The number of furan rings is 1. The Kier molecular flexibility index (Phi) is 4.69. The number of hydrogen-bond acceptors (Lipinski definition) is 5. The van der Waals surface area contributed by atoms with Crippen LogP contribution in [0.5, 0.6) is 0 Å². The molecular formula is C17H19N5O2. The maximum absolute atomic E-state index is 13.0. The van der Waals surface area contributed by atoms with Crippen molar-refractivity contribution in [3.05, 3.63) is 65.6 Å². The predicted octanol–water partition coefficient (Wildman–Crippen LogP) is 2.44. The molecule has 0 spiro atoms. The molecule has 24 heavy (non-hydrogen) atoms. The van der Waals surface area contributed by atoms with Crippen LogP contribution in [-0.4, -0.2) is 30.8 Å². The van der Waals surface area contributed by atoms with E-state index in [1.807, 2.05) is 25.1 Å². The standard InChI is InChI=1S/C17H19N5O2/c1-3-22-19-13(2)16(20-22)17(23)21(12-15-7-5-9-24-15)11-14-6-4-8-18-10-14/h4-10H,3,11-12H2,1-2H3. The Labute approximate surface area is 139 Å². The number of amides is 1. The van der Waals surface area contributed by atoms with Crippen LogP contribution in [0.1, 0.15) is 34.4 Å². The van der Waals surface area contributed by atoms with Crippen LogP contribution in [0.3, 0.4) is 0 Å². The minimum Gasteiger partial charge on any atom is -0.467 e. The molecule has 0 N–H and O–H groups in total. The molecule has 3 heterocycles. The first-order chi connectivity index (χ1) is 11.7. The van der Waals surface area contributed by atoms with Crippen LogP contribution in [0.4, 0.5) is 0 Å². The summed E-state index contributed by atoms with van der Waals surface area (Å²) < 4.78 is 5.39. The van der Waals surface area contributed by atoms with Crippen molar-refractivity contribution in [2.24, 2.45) is 0 Å². The fourth-order valence-corrected chi connectivity index (χ4v) is 2.42. The molecule has 0 radical (unpaired) electrons. The van der Waals surface area contributed by atoms with E-state index in [0.29, 0.717) is 36.8 Å². The number of carbonyl (C=O) groups excluding carboxylic acids is 1. The second kappa shape index (κ2) is 7.08. The van der Waals surface area contributed by atoms with Crippen LogP contribution < -0.4 is 0 Å². The van der Waals surface area contributed by atoms with Crippen molar-refractivity contribution in [1.82, 2.24) is 24.9 Å². The topological polar surface area (TPSA) is 77.0 Å². The normalized spacial score (nSPS) is 10.8. The SMILES string of the molecule is CCn1nc(C)c(C(=O)N(Cc2cccnc2)Cc2ccco2)n1. The van der Waals surface area contributed by atoms with E-state index in [1.54, 1.807) is 36.5 Å². The maximum atomic E-state index is 13.0. The van der Waals surface area contributed by atoms with E-state index in [1.165, 1.54) is 4.80 Å². The van der Waals surface area contributed by atoms with Crippen LogP contribution in [0, 0.1) is 6.92 Å². The van der Waals surface area contributed by atoms with Gasteiger partial charge in [0.05, 0.1) is 25.0 Å². The Morgan fingerprint density at radius 3 is 2.75 bits per heavy atom. The van der Waals surface area contributed by atoms with Gasteiger partial charge in [-0.25, -0.2) is 0 Å². The Balaban J connectivity index is 1.87. The molecule has 3 rings (SSSR count). The quantitative estimate of drug-likeness (QED) is 0.695. The predicted molar refractivity (Wildman–Crippen MR) is 87.0 cm³/mol. The summed E-state index contributed by atoms with van der Waals surface area (Å²) in [6.45, 7) is 5.13. The van der Waals surface area contributed by atoms with E-state index < -0.39 is 0 Å². The number of carbonyl (C=O) groups is 1. The number of aryl methyl sites for hydroxylation is 2. The molecule has 0 aliphatic rings. The first kappa shape index (κ1) is 15.9. The van der Waals surface area contributed by atoms with E-state index in [2.05, 4.69) is 15.2 Å². The van der Waals surface area contributed by atoms with Crippen molar-refractivity contribution < 1.29 is 9.21 Å². The highest BCUT2D eigenvalue weighted by Gasteiger charge is 2.23. The summed E-state index contributed by atoms with van der Waals surface area (Å²) in [6.07, 6.45) is 5.05. The van der Waals surface area contributed by atoms with E-state index in [0.717, 1.165) is 5.56 Å². The van der Waals surface area contributed by atoms with Crippen molar-refractivity contribution in [1.29, 1.82) is 0 Å². The molecule has 3 aromatic rings. The van der Waals surface area contributed by atoms with Gasteiger partial charge in [0, 0.05) is 18.9 Å². The summed E-state index contributed by atoms with van der Waals surface area (Å²) in [5.41, 5.74) is 1.93. The molecule has 1 amide bonds. The lowest BCUT2D eigenvalue weighted by molar-refractivity contribution is 0.0710. The molecule has 0 atom stereocenters. The highest BCUT2D eigenvalue weighted by Crippen LogP contribution is 2.14.